The number of thiophene rings is 1. The Hall–Kier alpha value is -2.14. The van der Waals surface area contributed by atoms with Crippen molar-refractivity contribution in [3.05, 3.63) is 40.8 Å². The Morgan fingerprint density at radius 1 is 1.03 bits per heavy atom. The Morgan fingerprint density at radius 3 is 2.52 bits per heavy atom. The zero-order valence-electron chi connectivity index (χ0n) is 18.1. The summed E-state index contributed by atoms with van der Waals surface area (Å²) in [6, 6.07) is 10.00. The quantitative estimate of drug-likeness (QED) is 0.244. The normalized spacial score (nSPS) is 10.8. The van der Waals surface area contributed by atoms with Crippen molar-refractivity contribution in [3.63, 3.8) is 0 Å². The van der Waals surface area contributed by atoms with Gasteiger partial charge in [0.05, 0.1) is 6.54 Å². The molecule has 0 atom stereocenters. The van der Waals surface area contributed by atoms with Gasteiger partial charge < -0.3 is 9.64 Å². The van der Waals surface area contributed by atoms with Crippen LogP contribution in [0.1, 0.15) is 69.2 Å². The van der Waals surface area contributed by atoms with Gasteiger partial charge in [0.2, 0.25) is 5.91 Å². The van der Waals surface area contributed by atoms with Crippen molar-refractivity contribution in [2.45, 2.75) is 72.3 Å². The van der Waals surface area contributed by atoms with Gasteiger partial charge in [0.15, 0.2) is 0 Å². The number of rotatable bonds is 11. The smallest absolute Gasteiger partial charge is 0.310 e. The predicted molar refractivity (Wildman–Crippen MR) is 120 cm³/mol. The van der Waals surface area contributed by atoms with E-state index >= 15 is 0 Å². The SMILES string of the molecule is CCCCCCCC(=O)N(C)Cc1ccc(-c2cccc(C)c2OC(=O)CC)s1. The summed E-state index contributed by atoms with van der Waals surface area (Å²) >= 11 is 1.64. The number of carbonyl (C=O) groups is 2. The lowest BCUT2D eigenvalue weighted by Gasteiger charge is -2.16. The van der Waals surface area contributed by atoms with Gasteiger partial charge in [-0.05, 0) is 37.1 Å². The lowest BCUT2D eigenvalue weighted by molar-refractivity contribution is -0.134. The van der Waals surface area contributed by atoms with Crippen molar-refractivity contribution in [2.75, 3.05) is 7.05 Å². The molecule has 0 spiro atoms. The third-order valence-electron chi connectivity index (χ3n) is 4.96. The van der Waals surface area contributed by atoms with Crippen molar-refractivity contribution in [1.29, 1.82) is 0 Å². The maximum absolute atomic E-state index is 12.4. The highest BCUT2D eigenvalue weighted by molar-refractivity contribution is 7.15. The Bertz CT molecular complexity index is 812. The average Bonchev–Trinajstić information content (AvgIpc) is 3.17. The molecule has 0 aliphatic heterocycles. The number of unbranched alkanes of at least 4 members (excludes halogenated alkanes) is 4. The van der Waals surface area contributed by atoms with E-state index in [-0.39, 0.29) is 11.9 Å². The van der Waals surface area contributed by atoms with Crippen LogP contribution in [0.5, 0.6) is 5.75 Å². The van der Waals surface area contributed by atoms with Crippen LogP contribution >= 0.6 is 11.3 Å². The van der Waals surface area contributed by atoms with Crippen LogP contribution in [-0.4, -0.2) is 23.8 Å². The molecule has 2 rings (SSSR count). The first-order chi connectivity index (χ1) is 14.0. The summed E-state index contributed by atoms with van der Waals surface area (Å²) in [7, 11) is 1.87. The molecule has 4 nitrogen and oxygen atoms in total. The van der Waals surface area contributed by atoms with Gasteiger partial charge in [0.1, 0.15) is 5.75 Å². The van der Waals surface area contributed by atoms with Crippen molar-refractivity contribution < 1.29 is 14.3 Å². The van der Waals surface area contributed by atoms with Crippen LogP contribution in [0.3, 0.4) is 0 Å². The standard InChI is InChI=1S/C24H33NO3S/c1-5-7-8-9-10-14-22(26)25(4)17-19-15-16-21(29-19)20-13-11-12-18(3)24(20)28-23(27)6-2/h11-13,15-16H,5-10,14,17H2,1-4H3. The molecule has 1 amide bonds. The largest absolute Gasteiger partial charge is 0.426 e. The molecule has 158 valence electrons. The van der Waals surface area contributed by atoms with E-state index in [1.54, 1.807) is 18.3 Å². The molecule has 0 bridgehead atoms. The molecule has 0 aliphatic carbocycles. The Labute approximate surface area is 178 Å². The molecule has 1 heterocycles. The van der Waals surface area contributed by atoms with Gasteiger partial charge in [-0.2, -0.15) is 0 Å². The van der Waals surface area contributed by atoms with Crippen LogP contribution < -0.4 is 4.74 Å². The number of carbonyl (C=O) groups excluding carboxylic acids is 2. The molecule has 2 aromatic rings. The second-order valence-electron chi connectivity index (χ2n) is 7.46. The summed E-state index contributed by atoms with van der Waals surface area (Å²) in [5, 5.41) is 0. The second kappa shape index (κ2) is 11.8. The molecular weight excluding hydrogens is 382 g/mol. The minimum Gasteiger partial charge on any atom is -0.426 e. The first kappa shape index (κ1) is 23.1. The van der Waals surface area contributed by atoms with Crippen LogP contribution in [0.25, 0.3) is 10.4 Å². The molecule has 0 fully saturated rings. The zero-order chi connectivity index (χ0) is 21.2. The highest BCUT2D eigenvalue weighted by atomic mass is 32.1. The predicted octanol–water partition coefficient (Wildman–Crippen LogP) is 6.36. The number of benzene rings is 1. The first-order valence-electron chi connectivity index (χ1n) is 10.6. The van der Waals surface area contributed by atoms with Crippen LogP contribution in [0, 0.1) is 6.92 Å². The van der Waals surface area contributed by atoms with E-state index < -0.39 is 0 Å². The summed E-state index contributed by atoms with van der Waals surface area (Å²) in [5.74, 6) is 0.593. The van der Waals surface area contributed by atoms with Gasteiger partial charge in [-0.1, -0.05) is 51.7 Å². The van der Waals surface area contributed by atoms with Gasteiger partial charge in [0, 0.05) is 35.2 Å². The van der Waals surface area contributed by atoms with Crippen LogP contribution in [0.4, 0.5) is 0 Å². The molecule has 1 aromatic heterocycles. The molecule has 0 saturated carbocycles. The van der Waals surface area contributed by atoms with E-state index in [0.29, 0.717) is 25.1 Å². The van der Waals surface area contributed by atoms with E-state index in [2.05, 4.69) is 13.0 Å². The van der Waals surface area contributed by atoms with Gasteiger partial charge in [0.25, 0.3) is 0 Å². The van der Waals surface area contributed by atoms with Crippen LogP contribution in [-0.2, 0) is 16.1 Å². The third kappa shape index (κ3) is 7.00. The highest BCUT2D eigenvalue weighted by Crippen LogP contribution is 2.37. The van der Waals surface area contributed by atoms with E-state index in [1.165, 1.54) is 19.3 Å². The maximum atomic E-state index is 12.4. The number of aryl methyl sites for hydroxylation is 1. The number of para-hydroxylation sites is 1. The van der Waals surface area contributed by atoms with E-state index in [4.69, 9.17) is 4.74 Å². The lowest BCUT2D eigenvalue weighted by Crippen LogP contribution is -2.25. The number of nitrogens with zero attached hydrogens (tertiary/aromatic N) is 1. The second-order valence-corrected chi connectivity index (χ2v) is 8.63. The molecule has 0 radical (unpaired) electrons. The highest BCUT2D eigenvalue weighted by Gasteiger charge is 2.16. The van der Waals surface area contributed by atoms with Gasteiger partial charge >= 0.3 is 5.97 Å². The molecule has 29 heavy (non-hydrogen) atoms. The van der Waals surface area contributed by atoms with Crippen molar-refractivity contribution in [1.82, 2.24) is 4.90 Å². The van der Waals surface area contributed by atoms with Crippen LogP contribution in [0.2, 0.25) is 0 Å². The molecule has 5 heteroatoms. The molecule has 0 saturated heterocycles. The molecule has 0 N–H and O–H groups in total. The summed E-state index contributed by atoms with van der Waals surface area (Å²) in [4.78, 5) is 28.2. The molecule has 0 aliphatic rings. The molecular formula is C24H33NO3S. The van der Waals surface area contributed by atoms with Gasteiger partial charge in [-0.15, -0.1) is 11.3 Å². The fourth-order valence-electron chi connectivity index (χ4n) is 3.17. The fraction of sp³-hybridized carbons (Fsp3) is 0.500. The number of hydrogen-bond acceptors (Lipinski definition) is 4. The van der Waals surface area contributed by atoms with Crippen molar-refractivity contribution in [3.8, 4) is 16.2 Å². The Morgan fingerprint density at radius 2 is 1.79 bits per heavy atom. The monoisotopic (exact) mass is 415 g/mol. The maximum Gasteiger partial charge on any atom is 0.310 e. The van der Waals surface area contributed by atoms with E-state index in [1.807, 2.05) is 43.1 Å². The van der Waals surface area contributed by atoms with Crippen molar-refractivity contribution >= 4 is 23.2 Å². The van der Waals surface area contributed by atoms with Gasteiger partial charge in [-0.25, -0.2) is 0 Å². The molecule has 0 unspecified atom stereocenters. The number of hydrogen-bond donors (Lipinski definition) is 0. The van der Waals surface area contributed by atoms with E-state index in [0.717, 1.165) is 33.7 Å². The zero-order valence-corrected chi connectivity index (χ0v) is 18.9. The lowest BCUT2D eigenvalue weighted by atomic mass is 10.1. The minimum atomic E-state index is -0.235. The van der Waals surface area contributed by atoms with Gasteiger partial charge in [-0.3, -0.25) is 9.59 Å². The molecule has 1 aromatic carbocycles. The Kier molecular flexibility index (Phi) is 9.39. The average molecular weight is 416 g/mol. The topological polar surface area (TPSA) is 46.6 Å². The van der Waals surface area contributed by atoms with Crippen molar-refractivity contribution in [2.24, 2.45) is 0 Å². The number of ether oxygens (including phenoxy) is 1. The number of esters is 1. The third-order valence-corrected chi connectivity index (χ3v) is 6.06. The summed E-state index contributed by atoms with van der Waals surface area (Å²) < 4.78 is 5.58. The minimum absolute atomic E-state index is 0.199. The van der Waals surface area contributed by atoms with E-state index in [9.17, 15) is 9.59 Å². The van der Waals surface area contributed by atoms with Crippen LogP contribution in [0.15, 0.2) is 30.3 Å². The fourth-order valence-corrected chi connectivity index (χ4v) is 4.25. The summed E-state index contributed by atoms with van der Waals surface area (Å²) in [6.45, 7) is 6.54. The number of amides is 1. The summed E-state index contributed by atoms with van der Waals surface area (Å²) in [6.07, 6.45) is 6.73. The summed E-state index contributed by atoms with van der Waals surface area (Å²) in [5.41, 5.74) is 1.86. The first-order valence-corrected chi connectivity index (χ1v) is 11.4. The Balaban J connectivity index is 2.01.